The normalized spacial score (nSPS) is 13.7. The number of amides is 2. The second-order valence-corrected chi connectivity index (χ2v) is 5.88. The summed E-state index contributed by atoms with van der Waals surface area (Å²) < 4.78 is 10.5. The SMILES string of the molecule is COc1cc(NC2CCN(C(=O)CNC(=O)CN)CC2)cc(OC)c1.Cl.Cl. The van der Waals surface area contributed by atoms with Gasteiger partial charge in [-0.05, 0) is 12.8 Å². The molecule has 154 valence electrons. The third kappa shape index (κ3) is 7.70. The minimum absolute atomic E-state index is 0. The average Bonchev–Trinajstić information content (AvgIpc) is 2.65. The maximum atomic E-state index is 12.1. The molecule has 10 heteroatoms. The molecule has 1 aromatic rings. The first-order valence-electron chi connectivity index (χ1n) is 8.30. The van der Waals surface area contributed by atoms with Gasteiger partial charge >= 0.3 is 0 Å². The van der Waals surface area contributed by atoms with E-state index in [1.165, 1.54) is 0 Å². The van der Waals surface area contributed by atoms with Crippen LogP contribution in [0.15, 0.2) is 18.2 Å². The van der Waals surface area contributed by atoms with Crippen molar-refractivity contribution in [2.24, 2.45) is 5.73 Å². The highest BCUT2D eigenvalue weighted by Crippen LogP contribution is 2.27. The number of hydrogen-bond acceptors (Lipinski definition) is 6. The van der Waals surface area contributed by atoms with Crippen molar-refractivity contribution in [3.8, 4) is 11.5 Å². The van der Waals surface area contributed by atoms with Crippen molar-refractivity contribution in [2.45, 2.75) is 18.9 Å². The molecular weight excluding hydrogens is 395 g/mol. The Kier molecular flexibility index (Phi) is 11.6. The molecule has 4 N–H and O–H groups in total. The van der Waals surface area contributed by atoms with Crippen LogP contribution in [0.2, 0.25) is 0 Å². The van der Waals surface area contributed by atoms with Gasteiger partial charge in [0.05, 0.1) is 27.3 Å². The molecule has 1 aliphatic rings. The van der Waals surface area contributed by atoms with Crippen molar-refractivity contribution < 1.29 is 19.1 Å². The number of anilines is 1. The second kappa shape index (κ2) is 12.5. The summed E-state index contributed by atoms with van der Waals surface area (Å²) in [6.45, 7) is 1.19. The Balaban J connectivity index is 0.00000338. The number of hydrogen-bond donors (Lipinski definition) is 3. The summed E-state index contributed by atoms with van der Waals surface area (Å²) in [5.41, 5.74) is 6.13. The van der Waals surface area contributed by atoms with Gasteiger partial charge in [0, 0.05) is 43.0 Å². The number of benzene rings is 1. The molecule has 0 spiro atoms. The van der Waals surface area contributed by atoms with Crippen molar-refractivity contribution in [2.75, 3.05) is 45.7 Å². The Hall–Kier alpha value is -1.90. The Labute approximate surface area is 171 Å². The Morgan fingerprint density at radius 1 is 1.11 bits per heavy atom. The lowest BCUT2D eigenvalue weighted by atomic mass is 10.0. The Bertz CT molecular complexity index is 588. The van der Waals surface area contributed by atoms with Crippen LogP contribution in [-0.4, -0.2) is 63.2 Å². The van der Waals surface area contributed by atoms with Crippen molar-refractivity contribution in [1.29, 1.82) is 0 Å². The molecule has 0 aliphatic carbocycles. The molecule has 27 heavy (non-hydrogen) atoms. The molecule has 1 heterocycles. The predicted molar refractivity (Wildman–Crippen MR) is 109 cm³/mol. The van der Waals surface area contributed by atoms with Gasteiger partial charge in [-0.1, -0.05) is 0 Å². The van der Waals surface area contributed by atoms with Crippen LogP contribution >= 0.6 is 24.8 Å². The van der Waals surface area contributed by atoms with Gasteiger partial charge < -0.3 is 30.7 Å². The van der Waals surface area contributed by atoms with Crippen molar-refractivity contribution in [3.63, 3.8) is 0 Å². The fourth-order valence-electron chi connectivity index (χ4n) is 2.76. The summed E-state index contributed by atoms with van der Waals surface area (Å²) >= 11 is 0. The molecule has 2 rings (SSSR count). The second-order valence-electron chi connectivity index (χ2n) is 5.88. The third-order valence-corrected chi connectivity index (χ3v) is 4.19. The van der Waals surface area contributed by atoms with Crippen LogP contribution in [0.1, 0.15) is 12.8 Å². The van der Waals surface area contributed by atoms with E-state index in [0.29, 0.717) is 13.1 Å². The number of carbonyl (C=O) groups excluding carboxylic acids is 2. The summed E-state index contributed by atoms with van der Waals surface area (Å²) in [6, 6.07) is 5.92. The molecular formula is C17H28Cl2N4O4. The van der Waals surface area contributed by atoms with Crippen molar-refractivity contribution >= 4 is 42.3 Å². The van der Waals surface area contributed by atoms with Gasteiger partial charge in [0.15, 0.2) is 0 Å². The van der Waals surface area contributed by atoms with Crippen LogP contribution in [0.3, 0.4) is 0 Å². The monoisotopic (exact) mass is 422 g/mol. The molecule has 2 amide bonds. The topological polar surface area (TPSA) is 106 Å². The molecule has 0 unspecified atom stereocenters. The highest BCUT2D eigenvalue weighted by Gasteiger charge is 2.23. The first-order chi connectivity index (χ1) is 12.0. The first-order valence-corrected chi connectivity index (χ1v) is 8.30. The highest BCUT2D eigenvalue weighted by atomic mass is 35.5. The summed E-state index contributed by atoms with van der Waals surface area (Å²) in [5.74, 6) is 1.05. The van der Waals surface area contributed by atoms with Crippen molar-refractivity contribution in [3.05, 3.63) is 18.2 Å². The van der Waals surface area contributed by atoms with Gasteiger partial charge in [-0.15, -0.1) is 24.8 Å². The summed E-state index contributed by atoms with van der Waals surface area (Å²) in [4.78, 5) is 25.0. The standard InChI is InChI=1S/C17H26N4O4.2ClH/c1-24-14-7-13(8-15(9-14)25-2)20-12-3-5-21(6-4-12)17(23)11-19-16(22)10-18;;/h7-9,12,20H,3-6,10-11,18H2,1-2H3,(H,19,22);2*1H. The zero-order chi connectivity index (χ0) is 18.2. The fourth-order valence-corrected chi connectivity index (χ4v) is 2.76. The zero-order valence-corrected chi connectivity index (χ0v) is 17.2. The maximum Gasteiger partial charge on any atom is 0.241 e. The van der Waals surface area contributed by atoms with Crippen LogP contribution in [0.4, 0.5) is 5.69 Å². The minimum Gasteiger partial charge on any atom is -0.497 e. The lowest BCUT2D eigenvalue weighted by Crippen LogP contribution is -2.47. The van der Waals surface area contributed by atoms with Gasteiger partial charge in [0.25, 0.3) is 0 Å². The van der Waals surface area contributed by atoms with E-state index in [2.05, 4.69) is 10.6 Å². The Morgan fingerprint density at radius 2 is 1.67 bits per heavy atom. The van der Waals surface area contributed by atoms with E-state index in [0.717, 1.165) is 30.0 Å². The van der Waals surface area contributed by atoms with E-state index in [4.69, 9.17) is 15.2 Å². The van der Waals surface area contributed by atoms with Crippen LogP contribution in [0, 0.1) is 0 Å². The number of likely N-dealkylation sites (tertiary alicyclic amines) is 1. The van der Waals surface area contributed by atoms with Crippen LogP contribution < -0.4 is 25.8 Å². The number of nitrogens with two attached hydrogens (primary N) is 1. The number of nitrogens with zero attached hydrogens (tertiary/aromatic N) is 1. The van der Waals surface area contributed by atoms with E-state index in [1.54, 1.807) is 19.1 Å². The highest BCUT2D eigenvalue weighted by molar-refractivity contribution is 5.86. The van der Waals surface area contributed by atoms with Gasteiger partial charge in [-0.3, -0.25) is 9.59 Å². The van der Waals surface area contributed by atoms with Crippen LogP contribution in [-0.2, 0) is 9.59 Å². The zero-order valence-electron chi connectivity index (χ0n) is 15.5. The van der Waals surface area contributed by atoms with Crippen molar-refractivity contribution in [1.82, 2.24) is 10.2 Å². The molecule has 1 fully saturated rings. The van der Waals surface area contributed by atoms with E-state index < -0.39 is 0 Å². The quantitative estimate of drug-likeness (QED) is 0.605. The number of halogens is 2. The summed E-state index contributed by atoms with van der Waals surface area (Å²) in [7, 11) is 3.23. The van der Waals surface area contributed by atoms with Gasteiger partial charge in [0.1, 0.15) is 11.5 Å². The lowest BCUT2D eigenvalue weighted by molar-refractivity contribution is -0.133. The molecule has 0 bridgehead atoms. The molecule has 1 aromatic carbocycles. The number of methoxy groups -OCH3 is 2. The van der Waals surface area contributed by atoms with E-state index in [-0.39, 0.29) is 55.8 Å². The van der Waals surface area contributed by atoms with Gasteiger partial charge in [-0.2, -0.15) is 0 Å². The first kappa shape index (κ1) is 25.1. The van der Waals surface area contributed by atoms with E-state index in [1.807, 2.05) is 18.2 Å². The molecule has 1 aliphatic heterocycles. The Morgan fingerprint density at radius 3 is 2.15 bits per heavy atom. The third-order valence-electron chi connectivity index (χ3n) is 4.19. The largest absolute Gasteiger partial charge is 0.497 e. The predicted octanol–water partition coefficient (Wildman–Crippen LogP) is 1.03. The molecule has 1 saturated heterocycles. The van der Waals surface area contributed by atoms with Gasteiger partial charge in [-0.25, -0.2) is 0 Å². The smallest absolute Gasteiger partial charge is 0.241 e. The number of ether oxygens (including phenoxy) is 2. The van der Waals surface area contributed by atoms with Crippen LogP contribution in [0.25, 0.3) is 0 Å². The fraction of sp³-hybridized carbons (Fsp3) is 0.529. The maximum absolute atomic E-state index is 12.1. The number of carbonyl (C=O) groups is 2. The van der Waals surface area contributed by atoms with Crippen LogP contribution in [0.5, 0.6) is 11.5 Å². The number of nitrogens with one attached hydrogen (secondary N) is 2. The molecule has 8 nitrogen and oxygen atoms in total. The number of piperidine rings is 1. The number of rotatable bonds is 7. The molecule has 0 atom stereocenters. The lowest BCUT2D eigenvalue weighted by Gasteiger charge is -2.33. The van der Waals surface area contributed by atoms with Gasteiger partial charge in [0.2, 0.25) is 11.8 Å². The molecule has 0 aromatic heterocycles. The summed E-state index contributed by atoms with van der Waals surface area (Å²) in [5, 5.41) is 5.97. The molecule has 0 radical (unpaired) electrons. The average molecular weight is 423 g/mol. The molecule has 0 saturated carbocycles. The van der Waals surface area contributed by atoms with E-state index >= 15 is 0 Å². The van der Waals surface area contributed by atoms with E-state index in [9.17, 15) is 9.59 Å². The summed E-state index contributed by atoms with van der Waals surface area (Å²) in [6.07, 6.45) is 1.66. The minimum atomic E-state index is -0.322.